The number of halogens is 1. The molecule has 0 atom stereocenters. The third-order valence-electron chi connectivity index (χ3n) is 5.09. The van der Waals surface area contributed by atoms with Crippen molar-refractivity contribution in [2.45, 2.75) is 17.7 Å². The topological polar surface area (TPSA) is 40.6 Å². The molecule has 0 saturated carbocycles. The van der Waals surface area contributed by atoms with E-state index in [0.717, 1.165) is 23.5 Å². The fourth-order valence-corrected chi connectivity index (χ4v) is 5.85. The molecule has 1 aromatic carbocycles. The molecule has 0 radical (unpaired) electrons. The molecule has 2 amide bonds. The first kappa shape index (κ1) is 17.5. The molecule has 4 nitrogen and oxygen atoms in total. The second-order valence-corrected chi connectivity index (χ2v) is 8.91. The lowest BCUT2D eigenvalue weighted by Crippen LogP contribution is -2.53. The summed E-state index contributed by atoms with van der Waals surface area (Å²) in [7, 11) is 0. The smallest absolute Gasteiger partial charge is 0.263 e. The molecule has 3 heterocycles. The SMILES string of the molecule is O=C(c1cccs1)N1CCC2(CC1)SCCN2C(=O)c1ccccc1F. The summed E-state index contributed by atoms with van der Waals surface area (Å²) in [6.07, 6.45) is 1.43. The molecule has 2 saturated heterocycles. The van der Waals surface area contributed by atoms with Gasteiger partial charge in [0.2, 0.25) is 0 Å². The molecule has 0 N–H and O–H groups in total. The number of hydrogen-bond acceptors (Lipinski definition) is 4. The van der Waals surface area contributed by atoms with Crippen LogP contribution in [-0.2, 0) is 0 Å². The van der Waals surface area contributed by atoms with Gasteiger partial charge in [-0.25, -0.2) is 4.39 Å². The van der Waals surface area contributed by atoms with Gasteiger partial charge < -0.3 is 9.80 Å². The molecule has 2 fully saturated rings. The Morgan fingerprint density at radius 3 is 2.46 bits per heavy atom. The maximum absolute atomic E-state index is 14.1. The average Bonchev–Trinajstić information content (AvgIpc) is 3.32. The Labute approximate surface area is 160 Å². The highest BCUT2D eigenvalue weighted by atomic mass is 32.2. The predicted molar refractivity (Wildman–Crippen MR) is 102 cm³/mol. The third-order valence-corrected chi connectivity index (χ3v) is 7.50. The molecule has 7 heteroatoms. The molecule has 0 bridgehead atoms. The van der Waals surface area contributed by atoms with Crippen LogP contribution in [0, 0.1) is 5.82 Å². The number of hydrogen-bond donors (Lipinski definition) is 0. The second-order valence-electron chi connectivity index (χ2n) is 6.50. The number of rotatable bonds is 2. The monoisotopic (exact) mass is 390 g/mol. The Hall–Kier alpha value is -1.86. The number of likely N-dealkylation sites (tertiary alicyclic amines) is 1. The molecule has 26 heavy (non-hydrogen) atoms. The molecule has 2 aliphatic rings. The summed E-state index contributed by atoms with van der Waals surface area (Å²) in [6, 6.07) is 9.87. The van der Waals surface area contributed by atoms with Crippen LogP contribution in [0.5, 0.6) is 0 Å². The molecular formula is C19H19FN2O2S2. The minimum Gasteiger partial charge on any atom is -0.338 e. The number of nitrogens with zero attached hydrogens (tertiary/aromatic N) is 2. The summed E-state index contributed by atoms with van der Waals surface area (Å²) in [5.74, 6) is 0.185. The van der Waals surface area contributed by atoms with Crippen LogP contribution in [0.1, 0.15) is 32.9 Å². The molecule has 4 rings (SSSR count). The van der Waals surface area contributed by atoms with Crippen LogP contribution >= 0.6 is 23.1 Å². The van der Waals surface area contributed by atoms with Crippen molar-refractivity contribution in [3.05, 3.63) is 58.0 Å². The van der Waals surface area contributed by atoms with Crippen molar-refractivity contribution >= 4 is 34.9 Å². The van der Waals surface area contributed by atoms with Crippen molar-refractivity contribution in [3.63, 3.8) is 0 Å². The number of carbonyl (C=O) groups excluding carboxylic acids is 2. The highest BCUT2D eigenvalue weighted by Gasteiger charge is 2.47. The van der Waals surface area contributed by atoms with E-state index in [1.54, 1.807) is 30.0 Å². The van der Waals surface area contributed by atoms with Gasteiger partial charge in [0.1, 0.15) is 5.82 Å². The van der Waals surface area contributed by atoms with Gasteiger partial charge in [-0.3, -0.25) is 9.59 Å². The minimum absolute atomic E-state index is 0.0600. The van der Waals surface area contributed by atoms with Crippen molar-refractivity contribution in [2.75, 3.05) is 25.4 Å². The maximum atomic E-state index is 14.1. The van der Waals surface area contributed by atoms with Crippen LogP contribution in [0.25, 0.3) is 0 Å². The number of thioether (sulfide) groups is 1. The Kier molecular flexibility index (Phi) is 4.75. The molecule has 0 unspecified atom stereocenters. The first-order valence-corrected chi connectivity index (χ1v) is 10.5. The first-order chi connectivity index (χ1) is 12.6. The van der Waals surface area contributed by atoms with E-state index < -0.39 is 5.82 Å². The first-order valence-electron chi connectivity index (χ1n) is 8.64. The standard InChI is InChI=1S/C19H19FN2O2S2/c20-15-5-2-1-4-14(15)17(23)22-11-13-26-19(22)7-9-21(10-8-19)18(24)16-6-3-12-25-16/h1-6,12H,7-11,13H2. The summed E-state index contributed by atoms with van der Waals surface area (Å²) >= 11 is 3.21. The fourth-order valence-electron chi connectivity index (χ4n) is 3.70. The number of benzene rings is 1. The largest absolute Gasteiger partial charge is 0.338 e. The Morgan fingerprint density at radius 2 is 1.77 bits per heavy atom. The number of thiophene rings is 1. The van der Waals surface area contributed by atoms with E-state index in [2.05, 4.69) is 0 Å². The second kappa shape index (κ2) is 7.04. The zero-order chi connectivity index (χ0) is 18.1. The van der Waals surface area contributed by atoms with Gasteiger partial charge in [0, 0.05) is 25.4 Å². The van der Waals surface area contributed by atoms with E-state index in [-0.39, 0.29) is 22.2 Å². The van der Waals surface area contributed by atoms with Crippen LogP contribution in [0.2, 0.25) is 0 Å². The lowest BCUT2D eigenvalue weighted by Gasteiger charge is -2.44. The van der Waals surface area contributed by atoms with Crippen molar-refractivity contribution < 1.29 is 14.0 Å². The van der Waals surface area contributed by atoms with Crippen LogP contribution in [0.4, 0.5) is 4.39 Å². The van der Waals surface area contributed by atoms with E-state index in [1.807, 2.05) is 27.3 Å². The number of carbonyl (C=O) groups is 2. The lowest BCUT2D eigenvalue weighted by atomic mass is 10.0. The van der Waals surface area contributed by atoms with Gasteiger partial charge >= 0.3 is 0 Å². The van der Waals surface area contributed by atoms with Crippen molar-refractivity contribution in [1.29, 1.82) is 0 Å². The molecule has 2 aromatic rings. The van der Waals surface area contributed by atoms with E-state index in [4.69, 9.17) is 0 Å². The molecule has 2 aliphatic heterocycles. The van der Waals surface area contributed by atoms with Crippen LogP contribution in [-0.4, -0.2) is 51.9 Å². The third kappa shape index (κ3) is 3.03. The van der Waals surface area contributed by atoms with Crippen LogP contribution in [0.3, 0.4) is 0 Å². The fraction of sp³-hybridized carbons (Fsp3) is 0.368. The Bertz CT molecular complexity index is 817. The molecular weight excluding hydrogens is 371 g/mol. The quantitative estimate of drug-likeness (QED) is 0.785. The van der Waals surface area contributed by atoms with Crippen LogP contribution in [0.15, 0.2) is 41.8 Å². The van der Waals surface area contributed by atoms with Crippen molar-refractivity contribution in [3.8, 4) is 0 Å². The van der Waals surface area contributed by atoms with E-state index in [1.165, 1.54) is 17.4 Å². The summed E-state index contributed by atoms with van der Waals surface area (Å²) in [5, 5.41) is 1.90. The van der Waals surface area contributed by atoms with Crippen LogP contribution < -0.4 is 0 Å². The average molecular weight is 391 g/mol. The minimum atomic E-state index is -0.477. The predicted octanol–water partition coefficient (Wildman–Crippen LogP) is 3.71. The maximum Gasteiger partial charge on any atom is 0.263 e. The van der Waals surface area contributed by atoms with E-state index in [0.29, 0.717) is 19.6 Å². The van der Waals surface area contributed by atoms with E-state index in [9.17, 15) is 14.0 Å². The zero-order valence-corrected chi connectivity index (χ0v) is 15.8. The molecule has 1 spiro atoms. The van der Waals surface area contributed by atoms with Gasteiger partial charge in [0.05, 0.1) is 15.3 Å². The number of piperidine rings is 1. The molecule has 136 valence electrons. The summed E-state index contributed by atoms with van der Waals surface area (Å²) in [4.78, 5) is 29.6. The number of amides is 2. The summed E-state index contributed by atoms with van der Waals surface area (Å²) in [6.45, 7) is 1.85. The highest BCUT2D eigenvalue weighted by molar-refractivity contribution is 8.00. The Morgan fingerprint density at radius 1 is 1.00 bits per heavy atom. The lowest BCUT2D eigenvalue weighted by molar-refractivity contribution is 0.0497. The summed E-state index contributed by atoms with van der Waals surface area (Å²) in [5.41, 5.74) is 0.131. The highest BCUT2D eigenvalue weighted by Crippen LogP contribution is 2.44. The zero-order valence-electron chi connectivity index (χ0n) is 14.2. The van der Waals surface area contributed by atoms with Gasteiger partial charge in [-0.1, -0.05) is 18.2 Å². The van der Waals surface area contributed by atoms with Gasteiger partial charge in [-0.15, -0.1) is 23.1 Å². The molecule has 1 aromatic heterocycles. The van der Waals surface area contributed by atoms with Gasteiger partial charge in [-0.05, 0) is 36.4 Å². The summed E-state index contributed by atoms with van der Waals surface area (Å²) < 4.78 is 14.1. The van der Waals surface area contributed by atoms with Gasteiger partial charge in [0.15, 0.2) is 0 Å². The normalized spacial score (nSPS) is 19.1. The van der Waals surface area contributed by atoms with Gasteiger partial charge in [-0.2, -0.15) is 0 Å². The van der Waals surface area contributed by atoms with Crippen molar-refractivity contribution in [1.82, 2.24) is 9.80 Å². The van der Waals surface area contributed by atoms with Crippen molar-refractivity contribution in [2.24, 2.45) is 0 Å². The Balaban J connectivity index is 1.49. The van der Waals surface area contributed by atoms with Gasteiger partial charge in [0.25, 0.3) is 11.8 Å². The molecule has 0 aliphatic carbocycles. The van der Waals surface area contributed by atoms with E-state index >= 15 is 0 Å².